The van der Waals surface area contributed by atoms with Gasteiger partial charge in [0, 0.05) is 48.7 Å². The highest BCUT2D eigenvalue weighted by Crippen LogP contribution is 2.66. The zero-order chi connectivity index (χ0) is 32.7. The van der Waals surface area contributed by atoms with E-state index in [1.807, 2.05) is 24.3 Å². The molecule has 3 aliphatic heterocycles. The van der Waals surface area contributed by atoms with Gasteiger partial charge in [-0.15, -0.1) is 23.2 Å². The number of halogens is 3. The molecular weight excluding hydrogens is 697 g/mol. The van der Waals surface area contributed by atoms with Crippen molar-refractivity contribution < 1.29 is 29.0 Å². The summed E-state index contributed by atoms with van der Waals surface area (Å²) in [6, 6.07) is 13.2. The number of likely N-dealkylation sites (tertiary alicyclic amines) is 3. The highest BCUT2D eigenvalue weighted by atomic mass is 79.9. The first-order chi connectivity index (χ1) is 21.9. The molecule has 2 aliphatic carbocycles. The Morgan fingerprint density at radius 1 is 1.00 bits per heavy atom. The Morgan fingerprint density at radius 2 is 1.70 bits per heavy atom. The third-order valence-corrected chi connectivity index (χ3v) is 12.7. The van der Waals surface area contributed by atoms with Crippen LogP contribution >= 0.6 is 39.1 Å². The van der Waals surface area contributed by atoms with Crippen molar-refractivity contribution in [2.75, 3.05) is 27.2 Å². The van der Waals surface area contributed by atoms with Crippen molar-refractivity contribution in [2.24, 2.45) is 17.8 Å². The number of allylic oxidation sites excluding steroid dienone is 2. The Kier molecular flexibility index (Phi) is 7.82. The van der Waals surface area contributed by atoms with Crippen LogP contribution in [0.5, 0.6) is 11.5 Å². The van der Waals surface area contributed by atoms with Crippen LogP contribution in [0.1, 0.15) is 42.7 Å². The standard InChI is InChI=1S/C34H34BrCl2N3O6/c1-38-31(44)33(36)16-24-21(27(34(33,37)32(38)45)23-14-19(35)15-25(46-2)28(23)41)8-9-22-26(24)30(43)40(29(22)42)20-10-12-39(13-11-20)17-18-6-4-3-5-7-18/h3-8,14-15,20,22,24,26-27,41H,9-13,16-17H2,1-2H3. The molecule has 2 aromatic carbocycles. The Balaban J connectivity index is 1.24. The molecule has 6 atom stereocenters. The van der Waals surface area contributed by atoms with E-state index in [0.29, 0.717) is 22.9 Å². The predicted molar refractivity (Wildman–Crippen MR) is 174 cm³/mol. The molecule has 3 heterocycles. The number of ether oxygens (including phenoxy) is 1. The molecule has 46 heavy (non-hydrogen) atoms. The van der Waals surface area contributed by atoms with Gasteiger partial charge in [0.2, 0.25) is 11.8 Å². The number of methoxy groups -OCH3 is 1. The molecule has 6 unspecified atom stereocenters. The van der Waals surface area contributed by atoms with Crippen LogP contribution in [0.2, 0.25) is 0 Å². The van der Waals surface area contributed by atoms with Crippen LogP contribution in [-0.2, 0) is 25.7 Å². The van der Waals surface area contributed by atoms with Gasteiger partial charge in [-0.05, 0) is 49.3 Å². The normalized spacial score (nSPS) is 33.2. The first-order valence-electron chi connectivity index (χ1n) is 15.5. The highest BCUT2D eigenvalue weighted by molar-refractivity contribution is 9.10. The van der Waals surface area contributed by atoms with E-state index < -0.39 is 45.2 Å². The van der Waals surface area contributed by atoms with E-state index in [1.165, 1.54) is 24.6 Å². The van der Waals surface area contributed by atoms with Crippen LogP contribution in [0.4, 0.5) is 0 Å². The van der Waals surface area contributed by atoms with Gasteiger partial charge in [0.05, 0.1) is 18.9 Å². The number of piperidine rings is 1. The number of nitrogens with zero attached hydrogens (tertiary/aromatic N) is 3. The summed E-state index contributed by atoms with van der Waals surface area (Å²) >= 11 is 18.0. The van der Waals surface area contributed by atoms with E-state index in [1.54, 1.807) is 12.1 Å². The number of fused-ring (bicyclic) bond motifs is 4. The van der Waals surface area contributed by atoms with E-state index in [0.717, 1.165) is 24.5 Å². The van der Waals surface area contributed by atoms with Crippen molar-refractivity contribution in [1.82, 2.24) is 14.7 Å². The zero-order valence-corrected chi connectivity index (χ0v) is 28.5. The molecule has 1 saturated carbocycles. The number of hydrogen-bond donors (Lipinski definition) is 1. The third kappa shape index (κ3) is 4.43. The molecule has 4 amide bonds. The molecule has 7 rings (SSSR count). The second-order valence-corrected chi connectivity index (χ2v) is 15.2. The molecule has 9 nitrogen and oxygen atoms in total. The minimum Gasteiger partial charge on any atom is -0.504 e. The fourth-order valence-corrected chi connectivity index (χ4v) is 10.1. The molecule has 0 bridgehead atoms. The summed E-state index contributed by atoms with van der Waals surface area (Å²) < 4.78 is 5.96. The summed E-state index contributed by atoms with van der Waals surface area (Å²) in [7, 11) is 2.75. The van der Waals surface area contributed by atoms with Gasteiger partial charge in [0.15, 0.2) is 21.2 Å². The SMILES string of the molecule is COc1cc(Br)cc(C2C3=CCC4C(=O)N(C5CCN(Cc6ccccc6)CC5)C(=O)C4C3CC3(Cl)C(=O)N(C)C(=O)C23Cl)c1O. The van der Waals surface area contributed by atoms with Gasteiger partial charge in [0.25, 0.3) is 11.8 Å². The average Bonchev–Trinajstić information content (AvgIpc) is 3.37. The number of alkyl halides is 2. The molecule has 3 saturated heterocycles. The Labute approximate surface area is 285 Å². The summed E-state index contributed by atoms with van der Waals surface area (Å²) in [5.41, 5.74) is 2.09. The molecule has 1 N–H and O–H groups in total. The second-order valence-electron chi connectivity index (χ2n) is 13.1. The first kappa shape index (κ1) is 31.7. The smallest absolute Gasteiger partial charge is 0.253 e. The average molecular weight is 731 g/mol. The van der Waals surface area contributed by atoms with Crippen molar-refractivity contribution in [3.05, 3.63) is 69.7 Å². The maximum absolute atomic E-state index is 14.4. The molecule has 5 aliphatic rings. The minimum absolute atomic E-state index is 0.0925. The maximum Gasteiger partial charge on any atom is 0.253 e. The Bertz CT molecular complexity index is 1680. The summed E-state index contributed by atoms with van der Waals surface area (Å²) in [5.74, 6) is -5.02. The number of amides is 4. The largest absolute Gasteiger partial charge is 0.504 e. The van der Waals surface area contributed by atoms with Crippen molar-refractivity contribution >= 4 is 62.8 Å². The maximum atomic E-state index is 14.4. The predicted octanol–water partition coefficient (Wildman–Crippen LogP) is 4.82. The molecule has 2 aromatic rings. The van der Waals surface area contributed by atoms with Gasteiger partial charge >= 0.3 is 0 Å². The number of aromatic hydroxyl groups is 1. The monoisotopic (exact) mass is 729 g/mol. The van der Waals surface area contributed by atoms with Crippen molar-refractivity contribution in [2.45, 2.75) is 53.9 Å². The molecule has 12 heteroatoms. The summed E-state index contributed by atoms with van der Waals surface area (Å²) in [6.07, 6.45) is 3.39. The van der Waals surface area contributed by atoms with Gasteiger partial charge < -0.3 is 9.84 Å². The molecule has 0 aromatic heterocycles. The molecular formula is C34H34BrCl2N3O6. The van der Waals surface area contributed by atoms with E-state index in [2.05, 4.69) is 33.0 Å². The number of benzene rings is 2. The van der Waals surface area contributed by atoms with E-state index in [-0.39, 0.29) is 47.8 Å². The number of phenols is 1. The molecule has 0 spiro atoms. The van der Waals surface area contributed by atoms with Crippen molar-refractivity contribution in [3.8, 4) is 11.5 Å². The lowest BCUT2D eigenvalue weighted by Gasteiger charge is -2.50. The van der Waals surface area contributed by atoms with Gasteiger partial charge in [-0.1, -0.05) is 57.9 Å². The first-order valence-corrected chi connectivity index (χ1v) is 17.1. The molecule has 4 fully saturated rings. The van der Waals surface area contributed by atoms with E-state index in [4.69, 9.17) is 27.9 Å². The number of carbonyl (C=O) groups is 4. The number of carbonyl (C=O) groups excluding carboxylic acids is 4. The topological polar surface area (TPSA) is 107 Å². The number of hydrogen-bond acceptors (Lipinski definition) is 7. The number of phenolic OH excluding ortho intramolecular Hbond substituents is 1. The second kappa shape index (κ2) is 11.4. The molecule has 0 radical (unpaired) electrons. The lowest BCUT2D eigenvalue weighted by Crippen LogP contribution is -2.60. The van der Waals surface area contributed by atoms with Gasteiger partial charge in [-0.25, -0.2) is 0 Å². The fraction of sp³-hybridized carbons (Fsp3) is 0.471. The van der Waals surface area contributed by atoms with Crippen molar-refractivity contribution in [3.63, 3.8) is 0 Å². The van der Waals surface area contributed by atoms with E-state index in [9.17, 15) is 24.3 Å². The summed E-state index contributed by atoms with van der Waals surface area (Å²) in [6.45, 7) is 2.32. The van der Waals surface area contributed by atoms with E-state index >= 15 is 0 Å². The van der Waals surface area contributed by atoms with Gasteiger partial charge in [0.1, 0.15) is 0 Å². The van der Waals surface area contributed by atoms with Crippen LogP contribution in [0.15, 0.2) is 58.6 Å². The highest BCUT2D eigenvalue weighted by Gasteiger charge is 2.76. The van der Waals surface area contributed by atoms with Crippen molar-refractivity contribution in [1.29, 1.82) is 0 Å². The fourth-order valence-electron chi connectivity index (χ4n) is 8.62. The zero-order valence-electron chi connectivity index (χ0n) is 25.4. The number of rotatable bonds is 5. The van der Waals surface area contributed by atoms with Crippen LogP contribution in [0, 0.1) is 17.8 Å². The van der Waals surface area contributed by atoms with Gasteiger partial charge in [-0.3, -0.25) is 33.9 Å². The lowest BCUT2D eigenvalue weighted by molar-refractivity contribution is -0.144. The lowest BCUT2D eigenvalue weighted by atomic mass is 9.56. The third-order valence-electron chi connectivity index (χ3n) is 10.8. The quantitative estimate of drug-likeness (QED) is 0.267. The van der Waals surface area contributed by atoms with Crippen LogP contribution < -0.4 is 4.74 Å². The van der Waals surface area contributed by atoms with Crippen LogP contribution in [0.3, 0.4) is 0 Å². The Hall–Kier alpha value is -2.92. The Morgan fingerprint density at radius 3 is 2.37 bits per heavy atom. The minimum atomic E-state index is -1.99. The van der Waals surface area contributed by atoms with Crippen LogP contribution in [-0.4, -0.2) is 86.5 Å². The summed E-state index contributed by atoms with van der Waals surface area (Å²) in [4.78, 5) is 56.7. The summed E-state index contributed by atoms with van der Waals surface area (Å²) in [5, 5.41) is 11.4. The van der Waals surface area contributed by atoms with Gasteiger partial charge in [-0.2, -0.15) is 0 Å². The van der Waals surface area contributed by atoms with Crippen LogP contribution in [0.25, 0.3) is 0 Å². The number of imide groups is 2. The molecule has 242 valence electrons.